The molecule has 1 saturated carbocycles. The molecule has 2 aliphatic carbocycles. The van der Waals surface area contributed by atoms with E-state index in [9.17, 15) is 0 Å². The van der Waals surface area contributed by atoms with Crippen molar-refractivity contribution in [3.05, 3.63) is 29.6 Å². The second kappa shape index (κ2) is 6.45. The predicted molar refractivity (Wildman–Crippen MR) is 85.6 cm³/mol. The molecule has 0 bridgehead atoms. The fourth-order valence-corrected chi connectivity index (χ4v) is 4.61. The number of rotatable bonds is 5. The van der Waals surface area contributed by atoms with Gasteiger partial charge in [-0.25, -0.2) is 0 Å². The van der Waals surface area contributed by atoms with Crippen LogP contribution in [0.1, 0.15) is 62.6 Å². The Morgan fingerprint density at radius 1 is 1.38 bits per heavy atom. The van der Waals surface area contributed by atoms with Gasteiger partial charge >= 0.3 is 0 Å². The largest absolute Gasteiger partial charge is 0.374 e. The van der Waals surface area contributed by atoms with E-state index in [2.05, 4.69) is 31.4 Å². The molecule has 0 spiro atoms. The Labute approximate surface area is 128 Å². The Bertz CT molecular complexity index is 468. The fraction of sp³-hybridized carbons (Fsp3) is 0.722. The van der Waals surface area contributed by atoms with Gasteiger partial charge in [0.25, 0.3) is 0 Å². The molecule has 1 N–H and O–H groups in total. The molecule has 21 heavy (non-hydrogen) atoms. The van der Waals surface area contributed by atoms with Crippen LogP contribution in [0.3, 0.4) is 0 Å². The summed E-state index contributed by atoms with van der Waals surface area (Å²) in [5.41, 5.74) is 2.77. The van der Waals surface area contributed by atoms with E-state index < -0.39 is 0 Å². The minimum Gasteiger partial charge on any atom is -0.374 e. The van der Waals surface area contributed by atoms with Crippen molar-refractivity contribution < 1.29 is 4.74 Å². The molecule has 2 aliphatic rings. The molecule has 3 nitrogen and oxygen atoms in total. The van der Waals surface area contributed by atoms with Gasteiger partial charge in [-0.2, -0.15) is 0 Å². The fourth-order valence-electron chi connectivity index (χ4n) is 4.61. The van der Waals surface area contributed by atoms with Crippen LogP contribution in [0.15, 0.2) is 18.3 Å². The van der Waals surface area contributed by atoms with E-state index in [1.54, 1.807) is 0 Å². The summed E-state index contributed by atoms with van der Waals surface area (Å²) in [7, 11) is 2.10. The lowest BCUT2D eigenvalue weighted by molar-refractivity contribution is -0.0675. The second-order valence-corrected chi connectivity index (χ2v) is 6.52. The Kier molecular flexibility index (Phi) is 4.60. The summed E-state index contributed by atoms with van der Waals surface area (Å²) in [4.78, 5) is 4.74. The van der Waals surface area contributed by atoms with Crippen molar-refractivity contribution in [1.82, 2.24) is 10.3 Å². The average Bonchev–Trinajstić information content (AvgIpc) is 2.98. The van der Waals surface area contributed by atoms with Crippen LogP contribution in [0, 0.1) is 0 Å². The van der Waals surface area contributed by atoms with Gasteiger partial charge in [0.15, 0.2) is 0 Å². The Morgan fingerprint density at radius 2 is 2.19 bits per heavy atom. The van der Waals surface area contributed by atoms with E-state index >= 15 is 0 Å². The number of hydrogen-bond donors (Lipinski definition) is 1. The molecular formula is C18H28N2O. The summed E-state index contributed by atoms with van der Waals surface area (Å²) < 4.78 is 6.32. The molecule has 0 radical (unpaired) electrons. The van der Waals surface area contributed by atoms with Crippen molar-refractivity contribution in [3.8, 4) is 0 Å². The lowest BCUT2D eigenvalue weighted by atomic mass is 9.74. The second-order valence-electron chi connectivity index (χ2n) is 6.52. The van der Waals surface area contributed by atoms with E-state index in [0.29, 0.717) is 12.0 Å². The standard InChI is InChI=1S/C18H28N2O/c1-3-21-18(11-4-5-12-18)17(19-2)15-10-6-8-14-9-7-13-20-16(14)15/h7,9,13,15,17,19H,3-6,8,10-12H2,1-2H3. The molecule has 1 fully saturated rings. The zero-order valence-electron chi connectivity index (χ0n) is 13.4. The first kappa shape index (κ1) is 15.0. The third-order valence-electron chi connectivity index (χ3n) is 5.40. The van der Waals surface area contributed by atoms with Crippen LogP contribution >= 0.6 is 0 Å². The molecule has 1 aromatic rings. The van der Waals surface area contributed by atoms with E-state index in [1.807, 2.05) is 6.20 Å². The molecule has 0 saturated heterocycles. The van der Waals surface area contributed by atoms with Gasteiger partial charge in [-0.05, 0) is 57.7 Å². The molecule has 116 valence electrons. The highest BCUT2D eigenvalue weighted by Crippen LogP contribution is 2.44. The number of fused-ring (bicyclic) bond motifs is 1. The Morgan fingerprint density at radius 3 is 2.90 bits per heavy atom. The monoisotopic (exact) mass is 288 g/mol. The quantitative estimate of drug-likeness (QED) is 0.901. The van der Waals surface area contributed by atoms with Crippen molar-refractivity contribution in [3.63, 3.8) is 0 Å². The van der Waals surface area contributed by atoms with Crippen LogP contribution in [0.5, 0.6) is 0 Å². The molecule has 1 heterocycles. The minimum atomic E-state index is 0.0142. The van der Waals surface area contributed by atoms with Crippen LogP contribution < -0.4 is 5.32 Å². The summed E-state index contributed by atoms with van der Waals surface area (Å²) in [5.74, 6) is 0.490. The number of aryl methyl sites for hydroxylation is 1. The molecular weight excluding hydrogens is 260 g/mol. The summed E-state index contributed by atoms with van der Waals surface area (Å²) in [6.07, 6.45) is 10.6. The normalized spacial score (nSPS) is 25.5. The molecule has 3 rings (SSSR count). The van der Waals surface area contributed by atoms with Crippen molar-refractivity contribution in [1.29, 1.82) is 0 Å². The summed E-state index contributed by atoms with van der Waals surface area (Å²) in [6.45, 7) is 2.93. The number of aromatic nitrogens is 1. The SMILES string of the molecule is CCOC1(C(NC)C2CCCc3cccnc32)CCCC1. The highest BCUT2D eigenvalue weighted by molar-refractivity contribution is 5.28. The van der Waals surface area contributed by atoms with Crippen LogP contribution in [0.25, 0.3) is 0 Å². The third-order valence-corrected chi connectivity index (χ3v) is 5.40. The van der Waals surface area contributed by atoms with Gasteiger partial charge in [0, 0.05) is 30.5 Å². The zero-order chi connectivity index (χ0) is 14.7. The number of nitrogens with zero attached hydrogens (tertiary/aromatic N) is 1. The maximum atomic E-state index is 6.32. The van der Waals surface area contributed by atoms with Gasteiger partial charge in [-0.3, -0.25) is 4.98 Å². The lowest BCUT2D eigenvalue weighted by Crippen LogP contribution is -2.53. The molecule has 2 unspecified atom stereocenters. The van der Waals surface area contributed by atoms with Crippen LogP contribution in [0.4, 0.5) is 0 Å². The van der Waals surface area contributed by atoms with Crippen LogP contribution in [0.2, 0.25) is 0 Å². The molecule has 0 amide bonds. The van der Waals surface area contributed by atoms with Gasteiger partial charge in [-0.1, -0.05) is 18.9 Å². The highest BCUT2D eigenvalue weighted by Gasteiger charge is 2.46. The van der Waals surface area contributed by atoms with E-state index in [0.717, 1.165) is 6.61 Å². The third kappa shape index (κ3) is 2.74. The topological polar surface area (TPSA) is 34.1 Å². The number of hydrogen-bond acceptors (Lipinski definition) is 3. The van der Waals surface area contributed by atoms with Gasteiger partial charge in [0.2, 0.25) is 0 Å². The highest BCUT2D eigenvalue weighted by atomic mass is 16.5. The summed E-state index contributed by atoms with van der Waals surface area (Å²) in [5, 5.41) is 3.62. The Hall–Kier alpha value is -0.930. The number of ether oxygens (including phenoxy) is 1. The molecule has 2 atom stereocenters. The van der Waals surface area contributed by atoms with Crippen LogP contribution in [-0.2, 0) is 11.2 Å². The van der Waals surface area contributed by atoms with Gasteiger partial charge in [-0.15, -0.1) is 0 Å². The first-order chi connectivity index (χ1) is 10.3. The van der Waals surface area contributed by atoms with Crippen molar-refractivity contribution in [2.24, 2.45) is 0 Å². The molecule has 0 aromatic carbocycles. The molecule has 1 aromatic heterocycles. The Balaban J connectivity index is 1.93. The first-order valence-corrected chi connectivity index (χ1v) is 8.56. The number of likely N-dealkylation sites (N-methyl/N-ethyl adjacent to an activating group) is 1. The smallest absolute Gasteiger partial charge is 0.0841 e. The van der Waals surface area contributed by atoms with Gasteiger partial charge in [0.05, 0.1) is 5.60 Å². The van der Waals surface area contributed by atoms with E-state index in [-0.39, 0.29) is 5.60 Å². The number of nitrogens with one attached hydrogen (secondary N) is 1. The summed E-state index contributed by atoms with van der Waals surface area (Å²) in [6, 6.07) is 4.71. The zero-order valence-corrected chi connectivity index (χ0v) is 13.4. The summed E-state index contributed by atoms with van der Waals surface area (Å²) >= 11 is 0. The maximum absolute atomic E-state index is 6.32. The maximum Gasteiger partial charge on any atom is 0.0841 e. The van der Waals surface area contributed by atoms with Crippen LogP contribution in [-0.4, -0.2) is 30.3 Å². The van der Waals surface area contributed by atoms with Crippen molar-refractivity contribution >= 4 is 0 Å². The van der Waals surface area contributed by atoms with Gasteiger partial charge in [0.1, 0.15) is 0 Å². The van der Waals surface area contributed by atoms with Crippen molar-refractivity contribution in [2.75, 3.05) is 13.7 Å². The first-order valence-electron chi connectivity index (χ1n) is 8.56. The lowest BCUT2D eigenvalue weighted by Gasteiger charge is -2.43. The average molecular weight is 288 g/mol. The van der Waals surface area contributed by atoms with Crippen molar-refractivity contribution in [2.45, 2.75) is 69.4 Å². The number of pyridine rings is 1. The van der Waals surface area contributed by atoms with Gasteiger partial charge < -0.3 is 10.1 Å². The predicted octanol–water partition coefficient (Wildman–Crippen LogP) is 3.44. The van der Waals surface area contributed by atoms with E-state index in [4.69, 9.17) is 9.72 Å². The van der Waals surface area contributed by atoms with E-state index in [1.165, 1.54) is 56.2 Å². The molecule has 0 aliphatic heterocycles. The minimum absolute atomic E-state index is 0.0142. The molecule has 3 heteroatoms.